The highest BCUT2D eigenvalue weighted by molar-refractivity contribution is 7.92. The Bertz CT molecular complexity index is 964. The van der Waals surface area contributed by atoms with E-state index in [1.165, 1.54) is 24.3 Å². The number of rotatable bonds is 5. The van der Waals surface area contributed by atoms with E-state index in [4.69, 9.17) is 0 Å². The van der Waals surface area contributed by atoms with Crippen LogP contribution in [0, 0.1) is 5.82 Å². The van der Waals surface area contributed by atoms with Gasteiger partial charge in [0, 0.05) is 5.56 Å². The molecule has 0 aromatic heterocycles. The number of carbonyl (C=O) groups is 1. The molecule has 3 rings (SSSR count). The van der Waals surface area contributed by atoms with E-state index < -0.39 is 39.0 Å². The molecule has 0 radical (unpaired) electrons. The van der Waals surface area contributed by atoms with E-state index in [-0.39, 0.29) is 16.0 Å². The maximum atomic E-state index is 13.4. The van der Waals surface area contributed by atoms with Crippen LogP contribution < -0.4 is 5.32 Å². The van der Waals surface area contributed by atoms with Gasteiger partial charge in [-0.2, -0.15) is 13.2 Å². The number of amides is 1. The van der Waals surface area contributed by atoms with Crippen molar-refractivity contribution in [2.45, 2.75) is 48.0 Å². The highest BCUT2D eigenvalue weighted by atomic mass is 32.2. The zero-order valence-electron chi connectivity index (χ0n) is 15.2. The average Bonchev–Trinajstić information content (AvgIpc) is 3.22. The Morgan fingerprint density at radius 2 is 1.52 bits per heavy atom. The van der Waals surface area contributed by atoms with Crippen molar-refractivity contribution in [3.63, 3.8) is 0 Å². The number of benzene rings is 2. The number of hydrogen-bond donors (Lipinski definition) is 1. The third kappa shape index (κ3) is 4.77. The number of carbonyl (C=O) groups excluding carboxylic acids is 1. The van der Waals surface area contributed by atoms with Gasteiger partial charge >= 0.3 is 6.18 Å². The van der Waals surface area contributed by atoms with Gasteiger partial charge in [0.15, 0.2) is 15.9 Å². The molecule has 0 bridgehead atoms. The van der Waals surface area contributed by atoms with Crippen molar-refractivity contribution in [1.29, 1.82) is 0 Å². The summed E-state index contributed by atoms with van der Waals surface area (Å²) in [7, 11) is -3.52. The molecule has 9 heteroatoms. The summed E-state index contributed by atoms with van der Waals surface area (Å²) in [4.78, 5) is 12.4. The minimum atomic E-state index is -4.79. The van der Waals surface area contributed by atoms with Crippen molar-refractivity contribution >= 4 is 15.7 Å². The van der Waals surface area contributed by atoms with Gasteiger partial charge in [0.2, 0.25) is 0 Å². The van der Waals surface area contributed by atoms with E-state index in [0.717, 1.165) is 37.1 Å². The molecule has 156 valence electrons. The van der Waals surface area contributed by atoms with Gasteiger partial charge in [0.05, 0.1) is 10.1 Å². The van der Waals surface area contributed by atoms with E-state index in [0.29, 0.717) is 12.8 Å². The summed E-state index contributed by atoms with van der Waals surface area (Å²) >= 11 is 0. The fourth-order valence-electron chi connectivity index (χ4n) is 3.41. The van der Waals surface area contributed by atoms with Gasteiger partial charge in [-0.05, 0) is 54.8 Å². The fraction of sp³-hybridized carbons (Fsp3) is 0.350. The largest absolute Gasteiger partial charge is 0.412 e. The van der Waals surface area contributed by atoms with Crippen LogP contribution >= 0.6 is 0 Å². The molecule has 1 unspecified atom stereocenters. The second kappa shape index (κ2) is 8.14. The molecular weight excluding hydrogens is 410 g/mol. The normalized spacial score (nSPS) is 16.6. The molecule has 2 aromatic rings. The smallest absolute Gasteiger partial charge is 0.337 e. The standard InChI is InChI=1S/C20H19F4NO3S/c21-15-9-5-13(6-10-15)18(20(22,23)24)25-19(26)14-7-11-17(12-8-14)29(27,28)16-3-1-2-4-16/h5-12,16,18H,1-4H2,(H,25,26). The van der Waals surface area contributed by atoms with Crippen LogP contribution in [0.2, 0.25) is 0 Å². The first-order valence-electron chi connectivity index (χ1n) is 9.06. The van der Waals surface area contributed by atoms with Crippen molar-refractivity contribution in [1.82, 2.24) is 5.32 Å². The minimum absolute atomic E-state index is 0.0480. The molecule has 0 aliphatic heterocycles. The van der Waals surface area contributed by atoms with Gasteiger partial charge in [0.25, 0.3) is 5.91 Å². The Labute approximate surface area is 165 Å². The lowest BCUT2D eigenvalue weighted by Gasteiger charge is -2.22. The van der Waals surface area contributed by atoms with E-state index in [1.807, 2.05) is 5.32 Å². The molecular formula is C20H19F4NO3S. The summed E-state index contributed by atoms with van der Waals surface area (Å²) in [5, 5.41) is 1.42. The molecule has 0 saturated heterocycles. The van der Waals surface area contributed by atoms with Gasteiger partial charge < -0.3 is 5.32 Å². The summed E-state index contributed by atoms with van der Waals surface area (Å²) in [6, 6.07) is 6.19. The lowest BCUT2D eigenvalue weighted by molar-refractivity contribution is -0.155. The summed E-state index contributed by atoms with van der Waals surface area (Å²) in [6.45, 7) is 0. The van der Waals surface area contributed by atoms with Gasteiger partial charge in [0.1, 0.15) is 5.82 Å². The number of hydrogen-bond acceptors (Lipinski definition) is 3. The topological polar surface area (TPSA) is 63.2 Å². The predicted molar refractivity (Wildman–Crippen MR) is 98.5 cm³/mol. The van der Waals surface area contributed by atoms with Crippen molar-refractivity contribution in [3.05, 3.63) is 65.5 Å². The van der Waals surface area contributed by atoms with Crippen LogP contribution in [0.1, 0.15) is 47.6 Å². The maximum absolute atomic E-state index is 13.4. The van der Waals surface area contributed by atoms with Crippen LogP contribution in [-0.4, -0.2) is 25.8 Å². The number of halogens is 4. The monoisotopic (exact) mass is 429 g/mol. The van der Waals surface area contributed by atoms with Crippen molar-refractivity contribution in [3.8, 4) is 0 Å². The summed E-state index contributed by atoms with van der Waals surface area (Å²) < 4.78 is 78.3. The Hall–Kier alpha value is -2.42. The molecule has 1 atom stereocenters. The Morgan fingerprint density at radius 3 is 2.03 bits per heavy atom. The van der Waals surface area contributed by atoms with Crippen LogP contribution in [0.5, 0.6) is 0 Å². The predicted octanol–water partition coefficient (Wildman–Crippen LogP) is 4.58. The Kier molecular flexibility index (Phi) is 5.97. The molecule has 1 amide bonds. The first kappa shape index (κ1) is 21.3. The van der Waals surface area contributed by atoms with E-state index in [2.05, 4.69) is 0 Å². The molecule has 1 fully saturated rings. The van der Waals surface area contributed by atoms with Gasteiger partial charge in [-0.25, -0.2) is 12.8 Å². The van der Waals surface area contributed by atoms with Crippen LogP contribution in [0.25, 0.3) is 0 Å². The second-order valence-electron chi connectivity index (χ2n) is 6.98. The van der Waals surface area contributed by atoms with Gasteiger partial charge in [-0.1, -0.05) is 25.0 Å². The summed E-state index contributed by atoms with van der Waals surface area (Å²) in [5.41, 5.74) is -0.417. The molecule has 0 heterocycles. The SMILES string of the molecule is O=C(NC(c1ccc(F)cc1)C(F)(F)F)c1ccc(S(=O)(=O)C2CCCC2)cc1. The molecule has 0 spiro atoms. The minimum Gasteiger partial charge on any atom is -0.337 e. The highest BCUT2D eigenvalue weighted by Gasteiger charge is 2.42. The molecule has 2 aromatic carbocycles. The van der Waals surface area contributed by atoms with E-state index >= 15 is 0 Å². The average molecular weight is 429 g/mol. The number of sulfone groups is 1. The molecule has 1 N–H and O–H groups in total. The third-order valence-corrected chi connectivity index (χ3v) is 7.27. The maximum Gasteiger partial charge on any atom is 0.412 e. The number of nitrogens with one attached hydrogen (secondary N) is 1. The van der Waals surface area contributed by atoms with Crippen LogP contribution in [-0.2, 0) is 9.84 Å². The summed E-state index contributed by atoms with van der Waals surface area (Å²) in [6.07, 6.45) is -1.95. The molecule has 1 aliphatic rings. The van der Waals surface area contributed by atoms with Gasteiger partial charge in [-0.3, -0.25) is 4.79 Å². The third-order valence-electron chi connectivity index (χ3n) is 4.99. The van der Waals surface area contributed by atoms with Gasteiger partial charge in [-0.15, -0.1) is 0 Å². The van der Waals surface area contributed by atoms with E-state index in [9.17, 15) is 30.8 Å². The fourth-order valence-corrected chi connectivity index (χ4v) is 5.27. The second-order valence-corrected chi connectivity index (χ2v) is 9.20. The molecule has 1 saturated carbocycles. The highest BCUT2D eigenvalue weighted by Crippen LogP contribution is 2.33. The molecule has 4 nitrogen and oxygen atoms in total. The van der Waals surface area contributed by atoms with Crippen LogP contribution in [0.3, 0.4) is 0 Å². The zero-order valence-corrected chi connectivity index (χ0v) is 16.1. The van der Waals surface area contributed by atoms with Crippen molar-refractivity contribution < 1.29 is 30.8 Å². The quantitative estimate of drug-likeness (QED) is 0.708. The van der Waals surface area contributed by atoms with Crippen LogP contribution in [0.4, 0.5) is 17.6 Å². The molecule has 1 aliphatic carbocycles. The lowest BCUT2D eigenvalue weighted by atomic mass is 10.1. The molecule has 29 heavy (non-hydrogen) atoms. The lowest BCUT2D eigenvalue weighted by Crippen LogP contribution is -2.38. The number of alkyl halides is 3. The zero-order chi connectivity index (χ0) is 21.2. The first-order chi connectivity index (χ1) is 13.6. The van der Waals surface area contributed by atoms with E-state index in [1.54, 1.807) is 0 Å². The summed E-state index contributed by atoms with van der Waals surface area (Å²) in [5.74, 6) is -1.71. The van der Waals surface area contributed by atoms with Crippen molar-refractivity contribution in [2.75, 3.05) is 0 Å². The van der Waals surface area contributed by atoms with Crippen LogP contribution in [0.15, 0.2) is 53.4 Å². The van der Waals surface area contributed by atoms with Crippen molar-refractivity contribution in [2.24, 2.45) is 0 Å². The Morgan fingerprint density at radius 1 is 0.966 bits per heavy atom. The Balaban J connectivity index is 1.79. The first-order valence-corrected chi connectivity index (χ1v) is 10.6.